The summed E-state index contributed by atoms with van der Waals surface area (Å²) in [6, 6.07) is 0. The second kappa shape index (κ2) is 4.86. The number of hydrogen-bond donors (Lipinski definition) is 1. The smallest absolute Gasteiger partial charge is 0.0208 e. The molecule has 0 aromatic rings. The van der Waals surface area contributed by atoms with Crippen LogP contribution in [0.2, 0.25) is 0 Å². The van der Waals surface area contributed by atoms with Crippen LogP contribution in [0, 0.1) is 11.8 Å². The molecule has 0 aromatic carbocycles. The molecular formula is C14H27N. The van der Waals surface area contributed by atoms with Crippen molar-refractivity contribution in [3.8, 4) is 0 Å². The molecule has 1 heteroatoms. The molecular weight excluding hydrogens is 182 g/mol. The van der Waals surface area contributed by atoms with Crippen LogP contribution < -0.4 is 5.73 Å². The summed E-state index contributed by atoms with van der Waals surface area (Å²) in [6.07, 6.45) is 14.0. The lowest BCUT2D eigenvalue weighted by atomic mass is 9.65. The van der Waals surface area contributed by atoms with Gasteiger partial charge in [-0.3, -0.25) is 0 Å². The van der Waals surface area contributed by atoms with Gasteiger partial charge in [-0.25, -0.2) is 0 Å². The van der Waals surface area contributed by atoms with Crippen molar-refractivity contribution in [2.75, 3.05) is 0 Å². The van der Waals surface area contributed by atoms with Crippen LogP contribution in [0.3, 0.4) is 0 Å². The molecule has 0 amide bonds. The van der Waals surface area contributed by atoms with Gasteiger partial charge in [0.25, 0.3) is 0 Å². The molecule has 2 aliphatic carbocycles. The average molecular weight is 209 g/mol. The summed E-state index contributed by atoms with van der Waals surface area (Å²) in [7, 11) is 0. The first-order valence-electron chi connectivity index (χ1n) is 7.02. The van der Waals surface area contributed by atoms with E-state index < -0.39 is 0 Å². The van der Waals surface area contributed by atoms with E-state index in [4.69, 9.17) is 5.73 Å². The van der Waals surface area contributed by atoms with Crippen LogP contribution in [0.4, 0.5) is 0 Å². The van der Waals surface area contributed by atoms with Crippen LogP contribution in [0.5, 0.6) is 0 Å². The number of hydrogen-bond acceptors (Lipinski definition) is 1. The third-order valence-corrected chi connectivity index (χ3v) is 5.03. The van der Waals surface area contributed by atoms with E-state index in [0.29, 0.717) is 0 Å². The highest BCUT2D eigenvalue weighted by atomic mass is 14.8. The zero-order valence-electron chi connectivity index (χ0n) is 10.3. The Balaban J connectivity index is 2.04. The molecule has 2 N–H and O–H groups in total. The summed E-state index contributed by atoms with van der Waals surface area (Å²) in [5.74, 6) is 1.59. The molecule has 2 fully saturated rings. The largest absolute Gasteiger partial charge is 0.325 e. The SMILES string of the molecule is CC1CCCCC1(N)C1CCCCCC1. The van der Waals surface area contributed by atoms with Crippen molar-refractivity contribution in [1.29, 1.82) is 0 Å². The second-order valence-electron chi connectivity index (χ2n) is 5.95. The molecule has 0 aromatic heterocycles. The van der Waals surface area contributed by atoms with Crippen LogP contribution in [0.1, 0.15) is 71.1 Å². The third-order valence-electron chi connectivity index (χ3n) is 5.03. The maximum atomic E-state index is 6.75. The molecule has 0 radical (unpaired) electrons. The van der Waals surface area contributed by atoms with Gasteiger partial charge >= 0.3 is 0 Å². The minimum atomic E-state index is 0.197. The van der Waals surface area contributed by atoms with E-state index in [9.17, 15) is 0 Å². The molecule has 0 bridgehead atoms. The van der Waals surface area contributed by atoms with E-state index in [1.54, 1.807) is 0 Å². The van der Waals surface area contributed by atoms with Gasteiger partial charge in [0.1, 0.15) is 0 Å². The molecule has 2 unspecified atom stereocenters. The first kappa shape index (κ1) is 11.4. The molecule has 88 valence electrons. The Hall–Kier alpha value is -0.0400. The summed E-state index contributed by atoms with van der Waals surface area (Å²) < 4.78 is 0. The van der Waals surface area contributed by atoms with E-state index in [-0.39, 0.29) is 5.54 Å². The Bertz CT molecular complexity index is 194. The fourth-order valence-corrected chi connectivity index (χ4v) is 3.82. The first-order valence-corrected chi connectivity index (χ1v) is 7.02. The van der Waals surface area contributed by atoms with Crippen molar-refractivity contribution in [2.45, 2.75) is 76.7 Å². The zero-order valence-corrected chi connectivity index (χ0v) is 10.3. The quantitative estimate of drug-likeness (QED) is 0.652. The fraction of sp³-hybridized carbons (Fsp3) is 1.00. The molecule has 0 saturated heterocycles. The Labute approximate surface area is 94.8 Å². The summed E-state index contributed by atoms with van der Waals surface area (Å²) in [6.45, 7) is 2.39. The minimum absolute atomic E-state index is 0.197. The lowest BCUT2D eigenvalue weighted by Crippen LogP contribution is -2.54. The lowest BCUT2D eigenvalue weighted by molar-refractivity contribution is 0.116. The molecule has 0 aliphatic heterocycles. The average Bonchev–Trinajstić information content (AvgIpc) is 2.51. The van der Waals surface area contributed by atoms with E-state index in [1.165, 1.54) is 64.2 Å². The van der Waals surface area contributed by atoms with E-state index >= 15 is 0 Å². The van der Waals surface area contributed by atoms with Gasteiger partial charge in [-0.15, -0.1) is 0 Å². The van der Waals surface area contributed by atoms with E-state index in [0.717, 1.165) is 11.8 Å². The molecule has 2 aliphatic rings. The zero-order chi connectivity index (χ0) is 10.7. The topological polar surface area (TPSA) is 26.0 Å². The monoisotopic (exact) mass is 209 g/mol. The van der Waals surface area contributed by atoms with Crippen LogP contribution in [-0.4, -0.2) is 5.54 Å². The van der Waals surface area contributed by atoms with Gasteiger partial charge in [-0.2, -0.15) is 0 Å². The fourth-order valence-electron chi connectivity index (χ4n) is 3.82. The summed E-state index contributed by atoms with van der Waals surface area (Å²) in [5.41, 5.74) is 6.94. The minimum Gasteiger partial charge on any atom is -0.325 e. The van der Waals surface area contributed by atoms with Gasteiger partial charge in [0.05, 0.1) is 0 Å². The van der Waals surface area contributed by atoms with Crippen LogP contribution in [0.15, 0.2) is 0 Å². The van der Waals surface area contributed by atoms with Crippen LogP contribution in [-0.2, 0) is 0 Å². The van der Waals surface area contributed by atoms with Gasteiger partial charge in [0.15, 0.2) is 0 Å². The molecule has 2 saturated carbocycles. The van der Waals surface area contributed by atoms with Gasteiger partial charge in [-0.1, -0.05) is 45.4 Å². The highest BCUT2D eigenvalue weighted by Crippen LogP contribution is 2.42. The predicted molar refractivity (Wildman–Crippen MR) is 65.7 cm³/mol. The second-order valence-corrected chi connectivity index (χ2v) is 5.95. The summed E-state index contributed by atoms with van der Waals surface area (Å²) in [4.78, 5) is 0. The molecule has 0 heterocycles. The normalized spacial score (nSPS) is 40.0. The van der Waals surface area contributed by atoms with Crippen molar-refractivity contribution >= 4 is 0 Å². The van der Waals surface area contributed by atoms with Crippen molar-refractivity contribution in [3.63, 3.8) is 0 Å². The Morgan fingerprint density at radius 3 is 2.07 bits per heavy atom. The van der Waals surface area contributed by atoms with Gasteiger partial charge in [0, 0.05) is 5.54 Å². The highest BCUT2D eigenvalue weighted by Gasteiger charge is 2.40. The molecule has 2 atom stereocenters. The standard InChI is InChI=1S/C14H27N/c1-12-8-6-7-11-14(12,15)13-9-4-2-3-5-10-13/h12-13H,2-11,15H2,1H3. The summed E-state index contributed by atoms with van der Waals surface area (Å²) >= 11 is 0. The summed E-state index contributed by atoms with van der Waals surface area (Å²) in [5, 5.41) is 0. The lowest BCUT2D eigenvalue weighted by Gasteiger charge is -2.45. The van der Waals surface area contributed by atoms with Gasteiger partial charge < -0.3 is 5.73 Å². The van der Waals surface area contributed by atoms with Crippen molar-refractivity contribution in [2.24, 2.45) is 17.6 Å². The Morgan fingerprint density at radius 1 is 0.867 bits per heavy atom. The highest BCUT2D eigenvalue weighted by molar-refractivity contribution is 4.98. The number of rotatable bonds is 1. The first-order chi connectivity index (χ1) is 7.23. The predicted octanol–water partition coefficient (Wildman–Crippen LogP) is 3.86. The maximum Gasteiger partial charge on any atom is 0.0208 e. The maximum absolute atomic E-state index is 6.75. The third kappa shape index (κ3) is 2.38. The Kier molecular flexibility index (Phi) is 3.71. The molecule has 15 heavy (non-hydrogen) atoms. The molecule has 0 spiro atoms. The molecule has 1 nitrogen and oxygen atoms in total. The van der Waals surface area contributed by atoms with Gasteiger partial charge in [0.2, 0.25) is 0 Å². The Morgan fingerprint density at radius 2 is 1.47 bits per heavy atom. The van der Waals surface area contributed by atoms with E-state index in [2.05, 4.69) is 6.92 Å². The van der Waals surface area contributed by atoms with E-state index in [1.807, 2.05) is 0 Å². The van der Waals surface area contributed by atoms with Crippen molar-refractivity contribution in [1.82, 2.24) is 0 Å². The van der Waals surface area contributed by atoms with Crippen molar-refractivity contribution in [3.05, 3.63) is 0 Å². The molecule has 2 rings (SSSR count). The number of nitrogens with two attached hydrogens (primary N) is 1. The van der Waals surface area contributed by atoms with Crippen LogP contribution >= 0.6 is 0 Å². The van der Waals surface area contributed by atoms with Crippen molar-refractivity contribution < 1.29 is 0 Å². The van der Waals surface area contributed by atoms with Gasteiger partial charge in [-0.05, 0) is 37.5 Å². The van der Waals surface area contributed by atoms with Crippen LogP contribution in [0.25, 0.3) is 0 Å².